The average molecular weight is 378 g/mol. The maximum absolute atomic E-state index is 11.7. The van der Waals surface area contributed by atoms with E-state index >= 15 is 0 Å². The minimum Gasteiger partial charge on any atom is -0.395 e. The minimum absolute atomic E-state index is 0.0747. The molecule has 3 rings (SSSR count). The van der Waals surface area contributed by atoms with E-state index in [1.807, 2.05) is 22.4 Å². The van der Waals surface area contributed by atoms with Crippen LogP contribution >= 0.6 is 11.3 Å². The van der Waals surface area contributed by atoms with E-state index in [1.165, 1.54) is 11.2 Å². The van der Waals surface area contributed by atoms with Crippen molar-refractivity contribution in [1.82, 2.24) is 14.9 Å². The van der Waals surface area contributed by atoms with Crippen molar-refractivity contribution in [2.45, 2.75) is 6.42 Å². The molecule has 0 radical (unpaired) electrons. The van der Waals surface area contributed by atoms with Gasteiger partial charge in [0.1, 0.15) is 6.33 Å². The standard InChI is InChI=1S/C16H22N6O3S/c23-10-9-20-5-7-21(8-6-20)16-14(22(24)25)15(18-12-19-16)17-4-3-13-2-1-11-26-13/h1-2,11-12,23H,3-10H2,(H,17,18,19). The number of aromatic nitrogens is 2. The Morgan fingerprint density at radius 2 is 2.12 bits per heavy atom. The number of β-amino-alcohol motifs (C(OH)–C–C–N with tert-alkyl or cyclic N) is 1. The first-order chi connectivity index (χ1) is 12.7. The van der Waals surface area contributed by atoms with Crippen LogP contribution in [0.5, 0.6) is 0 Å². The summed E-state index contributed by atoms with van der Waals surface area (Å²) in [7, 11) is 0. The van der Waals surface area contributed by atoms with Gasteiger partial charge in [0, 0.05) is 44.1 Å². The Morgan fingerprint density at radius 1 is 1.31 bits per heavy atom. The smallest absolute Gasteiger partial charge is 0.353 e. The molecule has 9 nitrogen and oxygen atoms in total. The van der Waals surface area contributed by atoms with Crippen molar-refractivity contribution >= 4 is 28.7 Å². The Morgan fingerprint density at radius 3 is 2.77 bits per heavy atom. The second-order valence-electron chi connectivity index (χ2n) is 5.96. The number of nitrogens with one attached hydrogen (secondary N) is 1. The van der Waals surface area contributed by atoms with Gasteiger partial charge in [-0.05, 0) is 17.9 Å². The fourth-order valence-electron chi connectivity index (χ4n) is 2.98. The summed E-state index contributed by atoms with van der Waals surface area (Å²) < 4.78 is 0. The Hall–Kier alpha value is -2.30. The second kappa shape index (κ2) is 8.88. The van der Waals surface area contributed by atoms with Gasteiger partial charge in [-0.3, -0.25) is 15.0 Å². The largest absolute Gasteiger partial charge is 0.395 e. The Balaban J connectivity index is 1.70. The number of anilines is 2. The molecule has 140 valence electrons. The molecule has 0 amide bonds. The van der Waals surface area contributed by atoms with E-state index in [-0.39, 0.29) is 18.1 Å². The fourth-order valence-corrected chi connectivity index (χ4v) is 3.69. The zero-order chi connectivity index (χ0) is 18.4. The highest BCUT2D eigenvalue weighted by molar-refractivity contribution is 7.09. The zero-order valence-electron chi connectivity index (χ0n) is 14.4. The number of hydrogen-bond acceptors (Lipinski definition) is 9. The molecule has 1 aliphatic heterocycles. The third kappa shape index (κ3) is 4.45. The van der Waals surface area contributed by atoms with Gasteiger partial charge in [0.2, 0.25) is 11.6 Å². The summed E-state index contributed by atoms with van der Waals surface area (Å²) in [5.41, 5.74) is -0.0747. The highest BCUT2D eigenvalue weighted by atomic mass is 32.1. The van der Waals surface area contributed by atoms with Gasteiger partial charge >= 0.3 is 5.69 Å². The lowest BCUT2D eigenvalue weighted by molar-refractivity contribution is -0.383. The van der Waals surface area contributed by atoms with Crippen LogP contribution in [0, 0.1) is 10.1 Å². The van der Waals surface area contributed by atoms with Gasteiger partial charge in [-0.2, -0.15) is 0 Å². The molecule has 1 aliphatic rings. The number of aliphatic hydroxyl groups excluding tert-OH is 1. The van der Waals surface area contributed by atoms with E-state index in [0.717, 1.165) is 19.5 Å². The number of hydrogen-bond donors (Lipinski definition) is 2. The lowest BCUT2D eigenvalue weighted by atomic mass is 10.3. The first-order valence-corrected chi connectivity index (χ1v) is 9.41. The first kappa shape index (κ1) is 18.5. The van der Waals surface area contributed by atoms with Gasteiger partial charge in [0.05, 0.1) is 11.5 Å². The summed E-state index contributed by atoms with van der Waals surface area (Å²) in [4.78, 5) is 24.8. The Labute approximate surface area is 155 Å². The van der Waals surface area contributed by atoms with Crippen LogP contribution in [0.1, 0.15) is 4.88 Å². The summed E-state index contributed by atoms with van der Waals surface area (Å²) in [6.07, 6.45) is 2.16. The van der Waals surface area contributed by atoms with E-state index in [2.05, 4.69) is 20.2 Å². The predicted molar refractivity (Wildman–Crippen MR) is 101 cm³/mol. The lowest BCUT2D eigenvalue weighted by Gasteiger charge is -2.34. The second-order valence-corrected chi connectivity index (χ2v) is 6.99. The van der Waals surface area contributed by atoms with Gasteiger partial charge in [-0.25, -0.2) is 9.97 Å². The summed E-state index contributed by atoms with van der Waals surface area (Å²) in [6.45, 7) is 4.05. The average Bonchev–Trinajstić information content (AvgIpc) is 3.16. The van der Waals surface area contributed by atoms with Gasteiger partial charge in [-0.1, -0.05) is 6.07 Å². The number of rotatable bonds is 8. The highest BCUT2D eigenvalue weighted by Gasteiger charge is 2.29. The van der Waals surface area contributed by atoms with Crippen LogP contribution in [0.3, 0.4) is 0 Å². The molecule has 0 aliphatic carbocycles. The molecule has 0 spiro atoms. The molecule has 0 bridgehead atoms. The Bertz CT molecular complexity index is 719. The van der Waals surface area contributed by atoms with Crippen molar-refractivity contribution < 1.29 is 10.0 Å². The molecule has 0 unspecified atom stereocenters. The van der Waals surface area contributed by atoms with Gasteiger partial charge < -0.3 is 15.3 Å². The third-order valence-corrected chi connectivity index (χ3v) is 5.25. The SMILES string of the molecule is O=[N+]([O-])c1c(NCCc2cccs2)ncnc1N1CCN(CCO)CC1. The minimum atomic E-state index is -0.414. The normalized spacial score (nSPS) is 15.2. The topological polar surface area (TPSA) is 108 Å². The van der Waals surface area contributed by atoms with Crippen molar-refractivity contribution in [1.29, 1.82) is 0 Å². The van der Waals surface area contributed by atoms with Crippen LogP contribution in [0.15, 0.2) is 23.8 Å². The van der Waals surface area contributed by atoms with Crippen molar-refractivity contribution in [3.05, 3.63) is 38.8 Å². The molecule has 2 aromatic heterocycles. The van der Waals surface area contributed by atoms with Crippen molar-refractivity contribution in [3.63, 3.8) is 0 Å². The number of nitro groups is 1. The highest BCUT2D eigenvalue weighted by Crippen LogP contribution is 2.32. The maximum Gasteiger partial charge on any atom is 0.353 e. The molecule has 2 aromatic rings. The van der Waals surface area contributed by atoms with Crippen LogP contribution in [0.4, 0.5) is 17.3 Å². The monoisotopic (exact) mass is 378 g/mol. The molecule has 26 heavy (non-hydrogen) atoms. The summed E-state index contributed by atoms with van der Waals surface area (Å²) in [5.74, 6) is 0.613. The van der Waals surface area contributed by atoms with Crippen molar-refractivity contribution in [3.8, 4) is 0 Å². The maximum atomic E-state index is 11.7. The predicted octanol–water partition coefficient (Wildman–Crippen LogP) is 1.22. The summed E-state index contributed by atoms with van der Waals surface area (Å²) >= 11 is 1.66. The fraction of sp³-hybridized carbons (Fsp3) is 0.500. The molecule has 3 heterocycles. The van der Waals surface area contributed by atoms with Crippen LogP contribution in [0.25, 0.3) is 0 Å². The van der Waals surface area contributed by atoms with Gasteiger partial charge in [0.25, 0.3) is 0 Å². The first-order valence-electron chi connectivity index (χ1n) is 8.53. The molecule has 1 saturated heterocycles. The van der Waals surface area contributed by atoms with Crippen LogP contribution < -0.4 is 10.2 Å². The van der Waals surface area contributed by atoms with E-state index in [0.29, 0.717) is 32.0 Å². The number of nitrogens with zero attached hydrogens (tertiary/aromatic N) is 5. The third-order valence-electron chi connectivity index (χ3n) is 4.32. The number of thiophene rings is 1. The van der Waals surface area contributed by atoms with Crippen LogP contribution in [-0.2, 0) is 6.42 Å². The molecular formula is C16H22N6O3S. The van der Waals surface area contributed by atoms with Crippen LogP contribution in [-0.4, -0.2) is 70.8 Å². The van der Waals surface area contributed by atoms with E-state index < -0.39 is 4.92 Å². The molecular weight excluding hydrogens is 356 g/mol. The summed E-state index contributed by atoms with van der Waals surface area (Å²) in [5, 5.41) is 25.8. The van der Waals surface area contributed by atoms with Gasteiger partial charge in [0.15, 0.2) is 0 Å². The molecule has 0 aromatic carbocycles. The van der Waals surface area contributed by atoms with Crippen molar-refractivity contribution in [2.75, 3.05) is 56.1 Å². The number of aliphatic hydroxyl groups is 1. The quantitative estimate of drug-likeness (QED) is 0.521. The summed E-state index contributed by atoms with van der Waals surface area (Å²) in [6, 6.07) is 4.03. The van der Waals surface area contributed by atoms with E-state index in [1.54, 1.807) is 11.3 Å². The van der Waals surface area contributed by atoms with E-state index in [4.69, 9.17) is 5.11 Å². The van der Waals surface area contributed by atoms with Crippen molar-refractivity contribution in [2.24, 2.45) is 0 Å². The van der Waals surface area contributed by atoms with Crippen LogP contribution in [0.2, 0.25) is 0 Å². The zero-order valence-corrected chi connectivity index (χ0v) is 15.2. The molecule has 0 saturated carbocycles. The molecule has 2 N–H and O–H groups in total. The van der Waals surface area contributed by atoms with Gasteiger partial charge in [-0.15, -0.1) is 11.3 Å². The van der Waals surface area contributed by atoms with E-state index in [9.17, 15) is 10.1 Å². The number of piperazine rings is 1. The molecule has 10 heteroatoms. The molecule has 0 atom stereocenters. The Kier molecular flexibility index (Phi) is 6.31. The molecule has 1 fully saturated rings. The lowest BCUT2D eigenvalue weighted by Crippen LogP contribution is -2.47.